The van der Waals surface area contributed by atoms with Crippen LogP contribution in [-0.2, 0) is 5.75 Å². The van der Waals surface area contributed by atoms with Gasteiger partial charge in [-0.05, 0) is 18.6 Å². The third-order valence-electron chi connectivity index (χ3n) is 3.54. The highest BCUT2D eigenvalue weighted by molar-refractivity contribution is 8.00. The number of nitrogens with zero attached hydrogens (tertiary/aromatic N) is 3. The predicted molar refractivity (Wildman–Crippen MR) is 106 cm³/mol. The van der Waals surface area contributed by atoms with E-state index in [1.165, 1.54) is 34.4 Å². The maximum Gasteiger partial charge on any atom is 0.260 e. The van der Waals surface area contributed by atoms with Gasteiger partial charge in [-0.2, -0.15) is 0 Å². The molecule has 0 aliphatic rings. The lowest BCUT2D eigenvalue weighted by Crippen LogP contribution is -2.10. The molecule has 0 unspecified atom stereocenters. The minimum atomic E-state index is -0.152. The molecule has 0 aliphatic heterocycles. The number of anilines is 1. The summed E-state index contributed by atoms with van der Waals surface area (Å²) < 4.78 is 6.25. The highest BCUT2D eigenvalue weighted by Gasteiger charge is 2.15. The first-order chi connectivity index (χ1) is 12.7. The molecule has 7 nitrogen and oxygen atoms in total. The van der Waals surface area contributed by atoms with Crippen LogP contribution in [0.2, 0.25) is 0 Å². The van der Waals surface area contributed by atoms with Crippen LogP contribution in [0.5, 0.6) is 0 Å². The Balaban J connectivity index is 1.53. The van der Waals surface area contributed by atoms with E-state index in [2.05, 4.69) is 32.4 Å². The lowest BCUT2D eigenvalue weighted by atomic mass is 10.2. The number of furan rings is 1. The number of hydrogen-bond acceptors (Lipinski definition) is 9. The molecule has 4 heterocycles. The molecule has 0 saturated carbocycles. The topological polar surface area (TPSA) is 96.7 Å². The summed E-state index contributed by atoms with van der Waals surface area (Å²) in [5.41, 5.74) is 0.625. The number of aromatic nitrogens is 4. The van der Waals surface area contributed by atoms with Crippen molar-refractivity contribution in [3.63, 3.8) is 0 Å². The molecule has 134 valence electrons. The van der Waals surface area contributed by atoms with Crippen LogP contribution in [0, 0.1) is 0 Å². The van der Waals surface area contributed by atoms with Gasteiger partial charge in [0.25, 0.3) is 5.56 Å². The molecule has 0 amide bonds. The number of hydrogen-bond donors (Lipinski definition) is 2. The molecule has 0 aliphatic carbocycles. The van der Waals surface area contributed by atoms with Crippen molar-refractivity contribution in [3.05, 3.63) is 40.0 Å². The van der Waals surface area contributed by atoms with E-state index in [1.54, 1.807) is 12.3 Å². The van der Waals surface area contributed by atoms with Crippen molar-refractivity contribution in [1.29, 1.82) is 0 Å². The molecule has 0 spiro atoms. The largest absolute Gasteiger partial charge is 0.464 e. The molecule has 26 heavy (non-hydrogen) atoms. The highest BCUT2D eigenvalue weighted by Crippen LogP contribution is 2.32. The van der Waals surface area contributed by atoms with Gasteiger partial charge >= 0.3 is 0 Å². The molecular formula is C16H15N5O2S3. The van der Waals surface area contributed by atoms with Crippen LogP contribution < -0.4 is 10.9 Å². The van der Waals surface area contributed by atoms with Gasteiger partial charge in [-0.3, -0.25) is 4.79 Å². The summed E-state index contributed by atoms with van der Waals surface area (Å²) in [6.45, 7) is 2.98. The van der Waals surface area contributed by atoms with E-state index in [1.807, 2.05) is 11.4 Å². The second-order valence-corrected chi connectivity index (χ2v) is 8.47. The SMILES string of the molecule is CCCNc1nnc(SCc2nc3scc(-c4ccco4)c3c(=O)[nH]2)s1. The van der Waals surface area contributed by atoms with Crippen molar-refractivity contribution in [1.82, 2.24) is 20.2 Å². The second-order valence-electron chi connectivity index (χ2n) is 5.41. The van der Waals surface area contributed by atoms with Crippen LogP contribution in [0.25, 0.3) is 21.5 Å². The van der Waals surface area contributed by atoms with E-state index in [-0.39, 0.29) is 5.56 Å². The molecule has 4 aromatic rings. The van der Waals surface area contributed by atoms with Crippen molar-refractivity contribution in [3.8, 4) is 11.3 Å². The Bertz CT molecular complexity index is 1070. The average molecular weight is 406 g/mol. The fourth-order valence-electron chi connectivity index (χ4n) is 2.38. The lowest BCUT2D eigenvalue weighted by molar-refractivity contribution is 0.583. The summed E-state index contributed by atoms with van der Waals surface area (Å²) in [5, 5.41) is 14.7. The summed E-state index contributed by atoms with van der Waals surface area (Å²) >= 11 is 4.45. The Kier molecular flexibility index (Phi) is 5.05. The fourth-order valence-corrected chi connectivity index (χ4v) is 4.97. The van der Waals surface area contributed by atoms with Crippen molar-refractivity contribution >= 4 is 49.8 Å². The summed E-state index contributed by atoms with van der Waals surface area (Å²) in [7, 11) is 0. The maximum absolute atomic E-state index is 12.5. The summed E-state index contributed by atoms with van der Waals surface area (Å²) in [5.74, 6) is 1.83. The standard InChI is InChI=1S/C16H15N5O2S3/c1-2-5-17-15-20-21-16(26-15)25-8-11-18-13(22)12-9(7-24-14(12)19-11)10-4-3-6-23-10/h3-4,6-7H,2,5,8H2,1H3,(H,17,20)(H,18,19,22). The van der Waals surface area contributed by atoms with Gasteiger partial charge in [0.1, 0.15) is 16.4 Å². The van der Waals surface area contributed by atoms with Gasteiger partial charge < -0.3 is 14.7 Å². The molecule has 10 heteroatoms. The van der Waals surface area contributed by atoms with Crippen LogP contribution in [0.15, 0.2) is 37.3 Å². The second kappa shape index (κ2) is 7.60. The molecule has 0 fully saturated rings. The highest BCUT2D eigenvalue weighted by atomic mass is 32.2. The number of thiophene rings is 1. The van der Waals surface area contributed by atoms with E-state index in [9.17, 15) is 4.79 Å². The minimum Gasteiger partial charge on any atom is -0.464 e. The lowest BCUT2D eigenvalue weighted by Gasteiger charge is -2.00. The first-order valence-corrected chi connectivity index (χ1v) is 10.7. The van der Waals surface area contributed by atoms with E-state index >= 15 is 0 Å². The number of aromatic amines is 1. The number of thioether (sulfide) groups is 1. The summed E-state index contributed by atoms with van der Waals surface area (Å²) in [6, 6.07) is 3.64. The van der Waals surface area contributed by atoms with E-state index < -0.39 is 0 Å². The number of H-pyrrole nitrogens is 1. The molecule has 0 bridgehead atoms. The monoisotopic (exact) mass is 405 g/mol. The van der Waals surface area contributed by atoms with Crippen LogP contribution >= 0.6 is 34.4 Å². The minimum absolute atomic E-state index is 0.152. The third kappa shape index (κ3) is 3.53. The molecule has 2 N–H and O–H groups in total. The van der Waals surface area contributed by atoms with Crippen LogP contribution in [0.3, 0.4) is 0 Å². The van der Waals surface area contributed by atoms with E-state index in [4.69, 9.17) is 4.42 Å². The van der Waals surface area contributed by atoms with Crippen LogP contribution in [-0.4, -0.2) is 26.7 Å². The predicted octanol–water partition coefficient (Wildman–Crippen LogP) is 4.21. The number of rotatable bonds is 7. The Hall–Kier alpha value is -2.17. The van der Waals surface area contributed by atoms with Gasteiger partial charge in [0, 0.05) is 17.5 Å². The van der Waals surface area contributed by atoms with Crippen LogP contribution in [0.1, 0.15) is 19.2 Å². The summed E-state index contributed by atoms with van der Waals surface area (Å²) in [4.78, 5) is 20.7. The van der Waals surface area contributed by atoms with Crippen molar-refractivity contribution < 1.29 is 4.42 Å². The van der Waals surface area contributed by atoms with Gasteiger partial charge in [0.15, 0.2) is 4.34 Å². The smallest absolute Gasteiger partial charge is 0.260 e. The first-order valence-electron chi connectivity index (χ1n) is 7.99. The average Bonchev–Trinajstić information content (AvgIpc) is 3.37. The Morgan fingerprint density at radius 3 is 3.12 bits per heavy atom. The van der Waals surface area contributed by atoms with E-state index in [0.717, 1.165) is 28.0 Å². The zero-order valence-electron chi connectivity index (χ0n) is 13.8. The molecule has 0 atom stereocenters. The third-order valence-corrected chi connectivity index (χ3v) is 6.44. The normalized spacial score (nSPS) is 11.3. The van der Waals surface area contributed by atoms with Crippen molar-refractivity contribution in [2.75, 3.05) is 11.9 Å². The van der Waals surface area contributed by atoms with Crippen LogP contribution in [0.4, 0.5) is 5.13 Å². The van der Waals surface area contributed by atoms with Gasteiger partial charge in [-0.15, -0.1) is 21.5 Å². The molecular weight excluding hydrogens is 390 g/mol. The quantitative estimate of drug-likeness (QED) is 0.445. The molecule has 4 rings (SSSR count). The fraction of sp³-hybridized carbons (Fsp3) is 0.250. The van der Waals surface area contributed by atoms with E-state index in [0.29, 0.717) is 27.6 Å². The van der Waals surface area contributed by atoms with Gasteiger partial charge in [-0.25, -0.2) is 4.98 Å². The summed E-state index contributed by atoms with van der Waals surface area (Å²) in [6.07, 6.45) is 2.63. The van der Waals surface area contributed by atoms with Crippen molar-refractivity contribution in [2.45, 2.75) is 23.4 Å². The van der Waals surface area contributed by atoms with Gasteiger partial charge in [0.2, 0.25) is 5.13 Å². The first kappa shape index (κ1) is 17.3. The molecule has 0 aromatic carbocycles. The molecule has 4 aromatic heterocycles. The zero-order chi connectivity index (χ0) is 17.9. The van der Waals surface area contributed by atoms with Gasteiger partial charge in [-0.1, -0.05) is 30.0 Å². The zero-order valence-corrected chi connectivity index (χ0v) is 16.3. The molecule has 0 saturated heterocycles. The maximum atomic E-state index is 12.5. The number of nitrogens with one attached hydrogen (secondary N) is 2. The Labute approximate surface area is 160 Å². The molecule has 0 radical (unpaired) electrons. The van der Waals surface area contributed by atoms with Crippen molar-refractivity contribution in [2.24, 2.45) is 0 Å². The van der Waals surface area contributed by atoms with Gasteiger partial charge in [0.05, 0.1) is 17.4 Å². The Morgan fingerprint density at radius 2 is 2.31 bits per heavy atom. The number of fused-ring (bicyclic) bond motifs is 1. The Morgan fingerprint density at radius 1 is 1.38 bits per heavy atom.